The average Bonchev–Trinajstić information content (AvgIpc) is 2.50. The maximum Gasteiger partial charge on any atom is 0.162 e. The molecule has 0 saturated heterocycles. The molecule has 0 atom stereocenters. The fraction of sp³-hybridized carbons (Fsp3) is 0.294. The van der Waals surface area contributed by atoms with Gasteiger partial charge in [0.05, 0.1) is 23.9 Å². The standard InChI is InChI=1S/C17H18BrCl2NO2/c1-3-22-16-7-11(13(18)9-17(16)23-4-2)10-21-15-6-5-12(19)8-14(15)20/h5-9,21H,3-4,10H2,1-2H3. The van der Waals surface area contributed by atoms with Gasteiger partial charge in [0.15, 0.2) is 11.5 Å². The summed E-state index contributed by atoms with van der Waals surface area (Å²) in [4.78, 5) is 0. The number of nitrogens with one attached hydrogen (secondary N) is 1. The van der Waals surface area contributed by atoms with E-state index in [0.717, 1.165) is 27.2 Å². The van der Waals surface area contributed by atoms with Crippen LogP contribution in [-0.2, 0) is 6.54 Å². The third-order valence-corrected chi connectivity index (χ3v) is 4.40. The van der Waals surface area contributed by atoms with E-state index >= 15 is 0 Å². The van der Waals surface area contributed by atoms with Crippen molar-refractivity contribution in [1.29, 1.82) is 0 Å². The molecule has 0 aliphatic rings. The first kappa shape index (κ1) is 18.2. The Morgan fingerprint density at radius 2 is 1.65 bits per heavy atom. The van der Waals surface area contributed by atoms with Gasteiger partial charge in [-0.05, 0) is 49.7 Å². The molecule has 0 spiro atoms. The summed E-state index contributed by atoms with van der Waals surface area (Å²) in [5.74, 6) is 1.46. The predicted octanol–water partition coefficient (Wildman–Crippen LogP) is 6.17. The SMILES string of the molecule is CCOc1cc(Br)c(CNc2ccc(Cl)cc2Cl)cc1OCC. The van der Waals surface area contributed by atoms with Crippen molar-refractivity contribution in [3.63, 3.8) is 0 Å². The lowest BCUT2D eigenvalue weighted by atomic mass is 10.2. The molecule has 0 bridgehead atoms. The molecule has 0 aromatic heterocycles. The van der Waals surface area contributed by atoms with E-state index in [-0.39, 0.29) is 0 Å². The van der Waals surface area contributed by atoms with E-state index in [1.807, 2.05) is 32.0 Å². The third kappa shape index (κ3) is 4.93. The number of rotatable bonds is 7. The van der Waals surface area contributed by atoms with Crippen LogP contribution in [0.4, 0.5) is 5.69 Å². The maximum atomic E-state index is 6.18. The molecule has 0 aliphatic carbocycles. The van der Waals surface area contributed by atoms with Crippen LogP contribution in [0.1, 0.15) is 19.4 Å². The highest BCUT2D eigenvalue weighted by Gasteiger charge is 2.11. The Morgan fingerprint density at radius 1 is 1.00 bits per heavy atom. The quantitative estimate of drug-likeness (QED) is 0.583. The highest BCUT2D eigenvalue weighted by Crippen LogP contribution is 2.35. The molecular weight excluding hydrogens is 401 g/mol. The van der Waals surface area contributed by atoms with E-state index < -0.39 is 0 Å². The van der Waals surface area contributed by atoms with Crippen molar-refractivity contribution in [1.82, 2.24) is 0 Å². The summed E-state index contributed by atoms with van der Waals surface area (Å²) in [6, 6.07) is 9.26. The molecule has 0 unspecified atom stereocenters. The van der Waals surface area contributed by atoms with Crippen LogP contribution in [0.5, 0.6) is 11.5 Å². The average molecular weight is 419 g/mol. The second-order valence-electron chi connectivity index (χ2n) is 4.73. The van der Waals surface area contributed by atoms with E-state index in [9.17, 15) is 0 Å². The zero-order valence-corrected chi connectivity index (χ0v) is 16.1. The molecule has 124 valence electrons. The van der Waals surface area contributed by atoms with Crippen LogP contribution in [0.25, 0.3) is 0 Å². The van der Waals surface area contributed by atoms with E-state index in [1.165, 1.54) is 0 Å². The van der Waals surface area contributed by atoms with Gasteiger partial charge >= 0.3 is 0 Å². The van der Waals surface area contributed by atoms with Crippen molar-refractivity contribution >= 4 is 44.8 Å². The van der Waals surface area contributed by atoms with Crippen molar-refractivity contribution in [2.24, 2.45) is 0 Å². The first-order valence-electron chi connectivity index (χ1n) is 7.32. The Labute approximate surface area is 155 Å². The molecule has 0 amide bonds. The van der Waals surface area contributed by atoms with Gasteiger partial charge in [0.2, 0.25) is 0 Å². The molecule has 0 saturated carbocycles. The number of benzene rings is 2. The Kier molecular flexibility index (Phi) is 6.88. The number of halogens is 3. The monoisotopic (exact) mass is 417 g/mol. The number of hydrogen-bond donors (Lipinski definition) is 1. The fourth-order valence-corrected chi connectivity index (χ4v) is 3.01. The minimum absolute atomic E-state index is 0.581. The summed E-state index contributed by atoms with van der Waals surface area (Å²) in [6.07, 6.45) is 0. The summed E-state index contributed by atoms with van der Waals surface area (Å²) in [6.45, 7) is 5.65. The molecule has 1 N–H and O–H groups in total. The van der Waals surface area contributed by atoms with E-state index in [1.54, 1.807) is 12.1 Å². The fourth-order valence-electron chi connectivity index (χ4n) is 2.07. The molecule has 0 aliphatic heterocycles. The van der Waals surface area contributed by atoms with Crippen molar-refractivity contribution in [2.75, 3.05) is 18.5 Å². The summed E-state index contributed by atoms with van der Waals surface area (Å²) >= 11 is 15.7. The number of ether oxygens (including phenoxy) is 2. The summed E-state index contributed by atoms with van der Waals surface area (Å²) in [7, 11) is 0. The third-order valence-electron chi connectivity index (χ3n) is 3.11. The molecule has 0 fully saturated rings. The number of anilines is 1. The largest absolute Gasteiger partial charge is 0.490 e. The minimum atomic E-state index is 0.581. The Bertz CT molecular complexity index is 680. The van der Waals surface area contributed by atoms with Crippen LogP contribution in [0.2, 0.25) is 10.0 Å². The Hall–Kier alpha value is -1.10. The van der Waals surface area contributed by atoms with E-state index in [4.69, 9.17) is 32.7 Å². The van der Waals surface area contributed by atoms with Gasteiger partial charge in [-0.1, -0.05) is 39.1 Å². The zero-order chi connectivity index (χ0) is 16.8. The van der Waals surface area contributed by atoms with Gasteiger partial charge in [-0.3, -0.25) is 0 Å². The molecule has 2 aromatic rings. The summed E-state index contributed by atoms with van der Waals surface area (Å²) in [5, 5.41) is 4.50. The van der Waals surface area contributed by atoms with E-state index in [0.29, 0.717) is 29.8 Å². The topological polar surface area (TPSA) is 30.5 Å². The van der Waals surface area contributed by atoms with Gasteiger partial charge in [0.25, 0.3) is 0 Å². The lowest BCUT2D eigenvalue weighted by Crippen LogP contribution is -2.04. The second-order valence-corrected chi connectivity index (χ2v) is 6.43. The zero-order valence-electron chi connectivity index (χ0n) is 13.0. The van der Waals surface area contributed by atoms with Crippen LogP contribution < -0.4 is 14.8 Å². The molecule has 6 heteroatoms. The molecule has 0 radical (unpaired) electrons. The van der Waals surface area contributed by atoms with Crippen LogP contribution >= 0.6 is 39.1 Å². The highest BCUT2D eigenvalue weighted by atomic mass is 79.9. The summed E-state index contributed by atoms with van der Waals surface area (Å²) in [5.41, 5.74) is 1.87. The predicted molar refractivity (Wildman–Crippen MR) is 100 cm³/mol. The van der Waals surface area contributed by atoms with Crippen molar-refractivity contribution in [3.8, 4) is 11.5 Å². The van der Waals surface area contributed by atoms with Crippen molar-refractivity contribution in [3.05, 3.63) is 50.4 Å². The molecule has 2 rings (SSSR count). The first-order valence-corrected chi connectivity index (χ1v) is 8.87. The summed E-state index contributed by atoms with van der Waals surface area (Å²) < 4.78 is 12.2. The van der Waals surface area contributed by atoms with E-state index in [2.05, 4.69) is 21.2 Å². The number of hydrogen-bond acceptors (Lipinski definition) is 3. The van der Waals surface area contributed by atoms with Crippen LogP contribution in [0, 0.1) is 0 Å². The van der Waals surface area contributed by atoms with Gasteiger partial charge in [-0.2, -0.15) is 0 Å². The smallest absolute Gasteiger partial charge is 0.162 e. The first-order chi connectivity index (χ1) is 11.0. The Morgan fingerprint density at radius 3 is 2.26 bits per heavy atom. The van der Waals surface area contributed by atoms with Gasteiger partial charge in [-0.15, -0.1) is 0 Å². The Balaban J connectivity index is 2.20. The van der Waals surface area contributed by atoms with Crippen molar-refractivity contribution in [2.45, 2.75) is 20.4 Å². The van der Waals surface area contributed by atoms with Crippen molar-refractivity contribution < 1.29 is 9.47 Å². The highest BCUT2D eigenvalue weighted by molar-refractivity contribution is 9.10. The minimum Gasteiger partial charge on any atom is -0.490 e. The van der Waals surface area contributed by atoms with Crippen LogP contribution in [0.3, 0.4) is 0 Å². The lowest BCUT2D eigenvalue weighted by Gasteiger charge is -2.15. The lowest BCUT2D eigenvalue weighted by molar-refractivity contribution is 0.287. The molecule has 23 heavy (non-hydrogen) atoms. The molecular formula is C17H18BrCl2NO2. The van der Waals surface area contributed by atoms with Gasteiger partial charge < -0.3 is 14.8 Å². The molecule has 2 aromatic carbocycles. The van der Waals surface area contributed by atoms with Gasteiger partial charge in [0, 0.05) is 16.0 Å². The van der Waals surface area contributed by atoms with Crippen LogP contribution in [0.15, 0.2) is 34.8 Å². The maximum absolute atomic E-state index is 6.18. The van der Waals surface area contributed by atoms with Crippen LogP contribution in [-0.4, -0.2) is 13.2 Å². The molecule has 0 heterocycles. The molecule has 3 nitrogen and oxygen atoms in total. The normalized spacial score (nSPS) is 10.5. The second kappa shape index (κ2) is 8.67. The van der Waals surface area contributed by atoms with Gasteiger partial charge in [-0.25, -0.2) is 0 Å². The van der Waals surface area contributed by atoms with Gasteiger partial charge in [0.1, 0.15) is 0 Å².